The van der Waals surface area contributed by atoms with E-state index in [1.54, 1.807) is 12.6 Å². The number of aliphatic imine (C=N–C) groups is 1. The zero-order valence-corrected chi connectivity index (χ0v) is 16.3. The molecule has 148 valence electrons. The maximum absolute atomic E-state index is 5.38. The molecule has 0 atom stereocenters. The Morgan fingerprint density at radius 2 is 1.96 bits per heavy atom. The molecule has 0 saturated heterocycles. The molecule has 0 aliphatic rings. The number of furan rings is 1. The topological polar surface area (TPSA) is 80.3 Å². The van der Waals surface area contributed by atoms with Crippen molar-refractivity contribution in [2.45, 2.75) is 39.3 Å². The van der Waals surface area contributed by atoms with E-state index in [-0.39, 0.29) is 0 Å². The van der Waals surface area contributed by atoms with Gasteiger partial charge in [0.15, 0.2) is 5.96 Å². The molecule has 0 saturated carbocycles. The van der Waals surface area contributed by atoms with Crippen LogP contribution in [0, 0.1) is 0 Å². The Bertz CT molecular complexity index is 826. The molecule has 0 aliphatic carbocycles. The standard InChI is InChI=1S/C21H28N6O/c1-2-20-26-25-17-27(20)14-13-23-21(24-16-19-11-7-15-28-19)22-12-6-10-18-8-4-3-5-9-18/h3-5,7-9,11,15,17H,2,6,10,12-14,16H2,1H3,(H2,22,23,24). The second-order valence-corrected chi connectivity index (χ2v) is 6.48. The van der Waals surface area contributed by atoms with Crippen LogP contribution in [0.15, 0.2) is 64.5 Å². The number of aryl methyl sites for hydroxylation is 2. The third kappa shape index (κ3) is 6.26. The van der Waals surface area contributed by atoms with Gasteiger partial charge in [-0.3, -0.25) is 0 Å². The summed E-state index contributed by atoms with van der Waals surface area (Å²) < 4.78 is 7.44. The van der Waals surface area contributed by atoms with Crippen LogP contribution in [0.5, 0.6) is 0 Å². The Balaban J connectivity index is 1.48. The zero-order valence-electron chi connectivity index (χ0n) is 16.3. The van der Waals surface area contributed by atoms with E-state index in [1.807, 2.05) is 18.2 Å². The average Bonchev–Trinajstić information content (AvgIpc) is 3.41. The van der Waals surface area contributed by atoms with Crippen LogP contribution in [0.25, 0.3) is 0 Å². The minimum atomic E-state index is 0.508. The summed E-state index contributed by atoms with van der Waals surface area (Å²) in [5.74, 6) is 2.62. The summed E-state index contributed by atoms with van der Waals surface area (Å²) in [4.78, 5) is 4.63. The van der Waals surface area contributed by atoms with E-state index >= 15 is 0 Å². The molecular formula is C21H28N6O. The van der Waals surface area contributed by atoms with Gasteiger partial charge in [-0.2, -0.15) is 0 Å². The Hall–Kier alpha value is -3.09. The van der Waals surface area contributed by atoms with E-state index in [9.17, 15) is 0 Å². The lowest BCUT2D eigenvalue weighted by Gasteiger charge is -2.13. The summed E-state index contributed by atoms with van der Waals surface area (Å²) in [5.41, 5.74) is 1.35. The van der Waals surface area contributed by atoms with Crippen LogP contribution in [-0.4, -0.2) is 33.8 Å². The molecule has 2 aromatic heterocycles. The van der Waals surface area contributed by atoms with Crippen LogP contribution in [0.3, 0.4) is 0 Å². The lowest BCUT2D eigenvalue weighted by Crippen LogP contribution is -2.39. The minimum absolute atomic E-state index is 0.508. The van der Waals surface area contributed by atoms with Crippen LogP contribution in [-0.2, 0) is 25.9 Å². The van der Waals surface area contributed by atoms with Gasteiger partial charge in [-0.1, -0.05) is 37.3 Å². The summed E-state index contributed by atoms with van der Waals surface area (Å²) in [5, 5.41) is 14.9. The highest BCUT2D eigenvalue weighted by atomic mass is 16.3. The van der Waals surface area contributed by atoms with Crippen molar-refractivity contribution in [2.24, 2.45) is 4.99 Å². The lowest BCUT2D eigenvalue weighted by molar-refractivity contribution is 0.511. The summed E-state index contributed by atoms with van der Waals surface area (Å²) in [7, 11) is 0. The third-order valence-corrected chi connectivity index (χ3v) is 4.41. The summed E-state index contributed by atoms with van der Waals surface area (Å²) in [6.07, 6.45) is 6.39. The molecule has 7 heteroatoms. The first-order valence-electron chi connectivity index (χ1n) is 9.80. The Kier molecular flexibility index (Phi) is 7.67. The van der Waals surface area contributed by atoms with Crippen LogP contribution in [0.2, 0.25) is 0 Å². The number of guanidine groups is 1. The molecule has 7 nitrogen and oxygen atoms in total. The molecule has 3 rings (SSSR count). The van der Waals surface area contributed by atoms with Gasteiger partial charge < -0.3 is 19.6 Å². The molecule has 0 unspecified atom stereocenters. The van der Waals surface area contributed by atoms with E-state index in [0.29, 0.717) is 6.54 Å². The fourth-order valence-corrected chi connectivity index (χ4v) is 2.91. The number of hydrogen-bond acceptors (Lipinski definition) is 4. The van der Waals surface area contributed by atoms with E-state index in [4.69, 9.17) is 4.42 Å². The number of benzene rings is 1. The van der Waals surface area contributed by atoms with Crippen molar-refractivity contribution in [3.05, 3.63) is 72.2 Å². The maximum atomic E-state index is 5.38. The van der Waals surface area contributed by atoms with Crippen molar-refractivity contribution in [1.29, 1.82) is 0 Å². The molecule has 0 fully saturated rings. The highest BCUT2D eigenvalue weighted by Gasteiger charge is 2.03. The van der Waals surface area contributed by atoms with E-state index in [1.165, 1.54) is 5.56 Å². The second-order valence-electron chi connectivity index (χ2n) is 6.48. The van der Waals surface area contributed by atoms with Crippen LogP contribution < -0.4 is 10.6 Å². The smallest absolute Gasteiger partial charge is 0.191 e. The van der Waals surface area contributed by atoms with Gasteiger partial charge in [0.25, 0.3) is 0 Å². The lowest BCUT2D eigenvalue weighted by atomic mass is 10.1. The first-order valence-corrected chi connectivity index (χ1v) is 9.80. The molecular weight excluding hydrogens is 352 g/mol. The molecule has 2 heterocycles. The molecule has 28 heavy (non-hydrogen) atoms. The SMILES string of the molecule is CCc1nncn1CCNC(=NCc1ccco1)NCCCc1ccccc1. The number of aromatic nitrogens is 3. The van der Waals surface area contributed by atoms with Gasteiger partial charge in [-0.25, -0.2) is 4.99 Å². The van der Waals surface area contributed by atoms with Gasteiger partial charge in [0.2, 0.25) is 0 Å². The molecule has 2 N–H and O–H groups in total. The Labute approximate surface area is 165 Å². The molecule has 0 bridgehead atoms. The monoisotopic (exact) mass is 380 g/mol. The molecule has 0 spiro atoms. The Morgan fingerprint density at radius 1 is 1.11 bits per heavy atom. The molecule has 0 amide bonds. The van der Waals surface area contributed by atoms with Crippen LogP contribution in [0.1, 0.15) is 30.5 Å². The van der Waals surface area contributed by atoms with E-state index < -0.39 is 0 Å². The van der Waals surface area contributed by atoms with Gasteiger partial charge in [0, 0.05) is 26.1 Å². The fraction of sp³-hybridized carbons (Fsp3) is 0.381. The highest BCUT2D eigenvalue weighted by molar-refractivity contribution is 5.79. The first kappa shape index (κ1) is 19.7. The maximum Gasteiger partial charge on any atom is 0.191 e. The number of nitrogens with zero attached hydrogens (tertiary/aromatic N) is 4. The molecule has 3 aromatic rings. The van der Waals surface area contributed by atoms with Crippen molar-refractivity contribution in [3.63, 3.8) is 0 Å². The second kappa shape index (κ2) is 10.9. The minimum Gasteiger partial charge on any atom is -0.467 e. The quantitative estimate of drug-likeness (QED) is 0.321. The summed E-state index contributed by atoms with van der Waals surface area (Å²) in [6, 6.07) is 14.3. The van der Waals surface area contributed by atoms with Gasteiger partial charge >= 0.3 is 0 Å². The van der Waals surface area contributed by atoms with Crippen molar-refractivity contribution >= 4 is 5.96 Å². The van der Waals surface area contributed by atoms with Crippen LogP contribution in [0.4, 0.5) is 0 Å². The van der Waals surface area contributed by atoms with Crippen molar-refractivity contribution in [2.75, 3.05) is 13.1 Å². The number of hydrogen-bond donors (Lipinski definition) is 2. The average molecular weight is 380 g/mol. The van der Waals surface area contributed by atoms with Crippen molar-refractivity contribution < 1.29 is 4.42 Å². The number of nitrogens with one attached hydrogen (secondary N) is 2. The summed E-state index contributed by atoms with van der Waals surface area (Å²) in [6.45, 7) is 4.98. The zero-order chi connectivity index (χ0) is 19.4. The Morgan fingerprint density at radius 3 is 2.75 bits per heavy atom. The normalized spacial score (nSPS) is 11.5. The predicted molar refractivity (Wildman–Crippen MR) is 110 cm³/mol. The van der Waals surface area contributed by atoms with Gasteiger partial charge in [0.05, 0.1) is 6.26 Å². The van der Waals surface area contributed by atoms with Crippen LogP contribution >= 0.6 is 0 Å². The predicted octanol–water partition coefficient (Wildman–Crippen LogP) is 2.80. The number of rotatable bonds is 10. The van der Waals surface area contributed by atoms with Gasteiger partial charge in [-0.05, 0) is 30.5 Å². The van der Waals surface area contributed by atoms with Crippen molar-refractivity contribution in [1.82, 2.24) is 25.4 Å². The fourth-order valence-electron chi connectivity index (χ4n) is 2.91. The van der Waals surface area contributed by atoms with Gasteiger partial charge in [0.1, 0.15) is 24.5 Å². The molecule has 0 radical (unpaired) electrons. The van der Waals surface area contributed by atoms with Crippen molar-refractivity contribution in [3.8, 4) is 0 Å². The van der Waals surface area contributed by atoms with E-state index in [0.717, 1.165) is 56.4 Å². The van der Waals surface area contributed by atoms with Gasteiger partial charge in [-0.15, -0.1) is 10.2 Å². The largest absolute Gasteiger partial charge is 0.467 e. The molecule has 0 aliphatic heterocycles. The third-order valence-electron chi connectivity index (χ3n) is 4.41. The molecule has 1 aromatic carbocycles. The first-order chi connectivity index (χ1) is 13.8. The highest BCUT2D eigenvalue weighted by Crippen LogP contribution is 2.03. The summed E-state index contributed by atoms with van der Waals surface area (Å²) >= 11 is 0. The van der Waals surface area contributed by atoms with E-state index in [2.05, 4.69) is 61.6 Å².